The molecule has 114 valence electrons. The molecule has 0 spiro atoms. The summed E-state index contributed by atoms with van der Waals surface area (Å²) in [4.78, 5) is 30.2. The minimum Gasteiger partial charge on any atom is -0.394 e. The van der Waals surface area contributed by atoms with Crippen LogP contribution in [0.4, 0.5) is 0 Å². The van der Waals surface area contributed by atoms with E-state index in [4.69, 9.17) is 5.11 Å². The highest BCUT2D eigenvalue weighted by Gasteiger charge is 2.14. The molecular weight excluding hydrogens is 274 g/mol. The van der Waals surface area contributed by atoms with Crippen LogP contribution in [0.2, 0.25) is 0 Å². The third-order valence-electron chi connectivity index (χ3n) is 3.36. The quantitative estimate of drug-likeness (QED) is 0.771. The standard InChI is InChI=1S/C13H19N5O3/c1-3-16(4-2)11(20)8-17-9-14-12-10(13(17)21)7-15-18(12)5-6-19/h7,9,19H,3-6,8H2,1-2H3. The number of amides is 1. The molecule has 0 unspecified atom stereocenters. The maximum absolute atomic E-state index is 12.3. The molecule has 0 aliphatic heterocycles. The van der Waals surface area contributed by atoms with Gasteiger partial charge in [0, 0.05) is 13.1 Å². The Bertz CT molecular complexity index is 687. The highest BCUT2D eigenvalue weighted by atomic mass is 16.3. The number of rotatable bonds is 6. The molecule has 21 heavy (non-hydrogen) atoms. The average Bonchev–Trinajstić information content (AvgIpc) is 2.88. The fourth-order valence-corrected chi connectivity index (χ4v) is 2.19. The molecule has 0 atom stereocenters. The summed E-state index contributed by atoms with van der Waals surface area (Å²) in [5, 5.41) is 13.3. The van der Waals surface area contributed by atoms with Crippen molar-refractivity contribution in [3.63, 3.8) is 0 Å². The van der Waals surface area contributed by atoms with Gasteiger partial charge in [-0.3, -0.25) is 14.2 Å². The smallest absolute Gasteiger partial charge is 0.264 e. The second-order valence-electron chi connectivity index (χ2n) is 4.57. The van der Waals surface area contributed by atoms with Gasteiger partial charge in [-0.05, 0) is 13.8 Å². The molecule has 2 rings (SSSR count). The molecule has 0 aliphatic carbocycles. The molecule has 2 aromatic rings. The van der Waals surface area contributed by atoms with Gasteiger partial charge in [0.15, 0.2) is 5.65 Å². The van der Waals surface area contributed by atoms with Crippen LogP contribution in [0.25, 0.3) is 11.0 Å². The summed E-state index contributed by atoms with van der Waals surface area (Å²) in [6, 6.07) is 0. The lowest BCUT2D eigenvalue weighted by molar-refractivity contribution is -0.131. The zero-order valence-corrected chi connectivity index (χ0v) is 12.2. The van der Waals surface area contributed by atoms with E-state index in [2.05, 4.69) is 10.1 Å². The SMILES string of the molecule is CCN(CC)C(=O)Cn1cnc2c(cnn2CCO)c1=O. The van der Waals surface area contributed by atoms with Crippen molar-refractivity contribution in [1.82, 2.24) is 24.2 Å². The molecule has 2 aromatic heterocycles. The third kappa shape index (κ3) is 2.94. The number of aliphatic hydroxyl groups is 1. The molecule has 0 aliphatic rings. The number of aromatic nitrogens is 4. The van der Waals surface area contributed by atoms with Gasteiger partial charge in [-0.1, -0.05) is 0 Å². The van der Waals surface area contributed by atoms with Crippen LogP contribution in [0.1, 0.15) is 13.8 Å². The van der Waals surface area contributed by atoms with Crippen LogP contribution in [-0.4, -0.2) is 54.9 Å². The first-order chi connectivity index (χ1) is 10.1. The van der Waals surface area contributed by atoms with Crippen LogP contribution in [0, 0.1) is 0 Å². The van der Waals surface area contributed by atoms with E-state index in [0.717, 1.165) is 0 Å². The summed E-state index contributed by atoms with van der Waals surface area (Å²) in [6.45, 7) is 5.16. The highest BCUT2D eigenvalue weighted by Crippen LogP contribution is 2.05. The van der Waals surface area contributed by atoms with Gasteiger partial charge in [-0.25, -0.2) is 9.67 Å². The van der Waals surface area contributed by atoms with Crippen molar-refractivity contribution < 1.29 is 9.90 Å². The summed E-state index contributed by atoms with van der Waals surface area (Å²) >= 11 is 0. The Kier molecular flexibility index (Phi) is 4.69. The largest absolute Gasteiger partial charge is 0.394 e. The summed E-state index contributed by atoms with van der Waals surface area (Å²) < 4.78 is 2.75. The number of hydrogen-bond acceptors (Lipinski definition) is 5. The van der Waals surface area contributed by atoms with E-state index in [-0.39, 0.29) is 31.2 Å². The molecule has 0 radical (unpaired) electrons. The molecule has 8 heteroatoms. The van der Waals surface area contributed by atoms with Crippen LogP contribution < -0.4 is 5.56 Å². The van der Waals surface area contributed by atoms with Crippen molar-refractivity contribution in [2.24, 2.45) is 0 Å². The van der Waals surface area contributed by atoms with Gasteiger partial charge >= 0.3 is 0 Å². The Morgan fingerprint density at radius 1 is 1.38 bits per heavy atom. The van der Waals surface area contributed by atoms with E-state index in [1.165, 1.54) is 21.8 Å². The van der Waals surface area contributed by atoms with Gasteiger partial charge in [0.25, 0.3) is 5.56 Å². The zero-order valence-electron chi connectivity index (χ0n) is 12.2. The Labute approximate surface area is 121 Å². The second kappa shape index (κ2) is 6.49. The van der Waals surface area contributed by atoms with E-state index in [1.54, 1.807) is 4.90 Å². The summed E-state index contributed by atoms with van der Waals surface area (Å²) in [6.07, 6.45) is 2.76. The molecule has 0 saturated carbocycles. The third-order valence-corrected chi connectivity index (χ3v) is 3.36. The van der Waals surface area contributed by atoms with Crippen LogP contribution in [0.5, 0.6) is 0 Å². The first-order valence-corrected chi connectivity index (χ1v) is 6.91. The van der Waals surface area contributed by atoms with Gasteiger partial charge in [0.05, 0.1) is 19.3 Å². The van der Waals surface area contributed by atoms with Crippen molar-refractivity contribution >= 4 is 16.9 Å². The van der Waals surface area contributed by atoms with Crippen LogP contribution in [-0.2, 0) is 17.9 Å². The Morgan fingerprint density at radius 2 is 2.10 bits per heavy atom. The maximum atomic E-state index is 12.3. The number of aliphatic hydroxyl groups excluding tert-OH is 1. The van der Waals surface area contributed by atoms with Gasteiger partial charge < -0.3 is 10.0 Å². The van der Waals surface area contributed by atoms with Gasteiger partial charge in [0.1, 0.15) is 18.3 Å². The Hall–Kier alpha value is -2.22. The van der Waals surface area contributed by atoms with E-state index in [1.807, 2.05) is 13.8 Å². The number of carbonyl (C=O) groups is 1. The molecule has 0 saturated heterocycles. The Morgan fingerprint density at radius 3 is 2.71 bits per heavy atom. The minimum atomic E-state index is -0.301. The predicted molar refractivity (Wildman–Crippen MR) is 76.8 cm³/mol. The van der Waals surface area contributed by atoms with E-state index < -0.39 is 0 Å². The molecule has 0 fully saturated rings. The van der Waals surface area contributed by atoms with Crippen LogP contribution >= 0.6 is 0 Å². The molecule has 2 heterocycles. The monoisotopic (exact) mass is 293 g/mol. The maximum Gasteiger partial charge on any atom is 0.264 e. The summed E-state index contributed by atoms with van der Waals surface area (Å²) in [5.74, 6) is -0.119. The van der Waals surface area contributed by atoms with Gasteiger partial charge in [0.2, 0.25) is 5.91 Å². The zero-order chi connectivity index (χ0) is 15.4. The molecule has 8 nitrogen and oxygen atoms in total. The topological polar surface area (TPSA) is 93.2 Å². The molecule has 0 bridgehead atoms. The fourth-order valence-electron chi connectivity index (χ4n) is 2.19. The molecular formula is C13H19N5O3. The minimum absolute atomic E-state index is 0.0331. The lowest BCUT2D eigenvalue weighted by Gasteiger charge is -2.18. The van der Waals surface area contributed by atoms with Crippen molar-refractivity contribution in [2.45, 2.75) is 26.9 Å². The lowest BCUT2D eigenvalue weighted by Crippen LogP contribution is -2.36. The molecule has 1 amide bonds. The molecule has 1 N–H and O–H groups in total. The van der Waals surface area contributed by atoms with Crippen LogP contribution in [0.3, 0.4) is 0 Å². The van der Waals surface area contributed by atoms with Crippen molar-refractivity contribution in [3.8, 4) is 0 Å². The fraction of sp³-hybridized carbons (Fsp3) is 0.538. The van der Waals surface area contributed by atoms with E-state index in [9.17, 15) is 9.59 Å². The number of fused-ring (bicyclic) bond motifs is 1. The van der Waals surface area contributed by atoms with E-state index >= 15 is 0 Å². The van der Waals surface area contributed by atoms with Gasteiger partial charge in [-0.15, -0.1) is 0 Å². The lowest BCUT2D eigenvalue weighted by atomic mass is 10.4. The first-order valence-electron chi connectivity index (χ1n) is 6.91. The summed E-state index contributed by atoms with van der Waals surface area (Å²) in [7, 11) is 0. The van der Waals surface area contributed by atoms with Crippen molar-refractivity contribution in [1.29, 1.82) is 0 Å². The van der Waals surface area contributed by atoms with Crippen LogP contribution in [0.15, 0.2) is 17.3 Å². The number of hydrogen-bond donors (Lipinski definition) is 1. The van der Waals surface area contributed by atoms with Crippen molar-refractivity contribution in [3.05, 3.63) is 22.9 Å². The normalized spacial score (nSPS) is 11.0. The number of carbonyl (C=O) groups excluding carboxylic acids is 1. The average molecular weight is 293 g/mol. The highest BCUT2D eigenvalue weighted by molar-refractivity contribution is 5.77. The number of nitrogens with zero attached hydrogens (tertiary/aromatic N) is 5. The van der Waals surface area contributed by atoms with Gasteiger partial charge in [-0.2, -0.15) is 5.10 Å². The summed E-state index contributed by atoms with van der Waals surface area (Å²) in [5.41, 5.74) is 0.116. The van der Waals surface area contributed by atoms with Crippen molar-refractivity contribution in [2.75, 3.05) is 19.7 Å². The van der Waals surface area contributed by atoms with E-state index in [0.29, 0.717) is 24.1 Å². The molecule has 0 aromatic carbocycles. The predicted octanol–water partition coefficient (Wildman–Crippen LogP) is -0.546. The number of likely N-dealkylation sites (N-methyl/N-ethyl adjacent to an activating group) is 1. The second-order valence-corrected chi connectivity index (χ2v) is 4.57. The Balaban J connectivity index is 2.32. The first kappa shape index (κ1) is 15.2.